The maximum absolute atomic E-state index is 12.2. The van der Waals surface area contributed by atoms with Gasteiger partial charge >= 0.3 is 6.03 Å². The molecule has 1 aromatic heterocycles. The SMILES string of the molecule is O=C(NCc1cccnc1)Nc1ccc(OCCc2ccccc2-c2ccccc2CN2CCCC2)cc1. The van der Waals surface area contributed by atoms with E-state index in [4.69, 9.17) is 4.74 Å². The van der Waals surface area contributed by atoms with E-state index in [1.165, 1.54) is 48.2 Å². The van der Waals surface area contributed by atoms with Crippen LogP contribution >= 0.6 is 0 Å². The lowest BCUT2D eigenvalue weighted by Gasteiger charge is -2.19. The quantitative estimate of drug-likeness (QED) is 0.265. The van der Waals surface area contributed by atoms with Crippen molar-refractivity contribution in [3.05, 3.63) is 114 Å². The van der Waals surface area contributed by atoms with Gasteiger partial charge in [0.15, 0.2) is 0 Å². The van der Waals surface area contributed by atoms with Crippen molar-refractivity contribution in [3.8, 4) is 16.9 Å². The molecular formula is C32H34N4O2. The zero-order valence-corrected chi connectivity index (χ0v) is 21.6. The molecule has 0 unspecified atom stereocenters. The number of rotatable bonds is 10. The van der Waals surface area contributed by atoms with E-state index in [1.54, 1.807) is 12.4 Å². The molecule has 2 heterocycles. The van der Waals surface area contributed by atoms with E-state index in [0.717, 1.165) is 24.3 Å². The Morgan fingerprint density at radius 1 is 0.842 bits per heavy atom. The number of nitrogens with zero attached hydrogens (tertiary/aromatic N) is 2. The summed E-state index contributed by atoms with van der Waals surface area (Å²) >= 11 is 0. The average Bonchev–Trinajstić information content (AvgIpc) is 3.47. The summed E-state index contributed by atoms with van der Waals surface area (Å²) in [4.78, 5) is 18.8. The molecule has 1 saturated heterocycles. The van der Waals surface area contributed by atoms with Crippen molar-refractivity contribution >= 4 is 11.7 Å². The topological polar surface area (TPSA) is 66.5 Å². The minimum absolute atomic E-state index is 0.260. The molecular weight excluding hydrogens is 472 g/mol. The summed E-state index contributed by atoms with van der Waals surface area (Å²) < 4.78 is 6.06. The van der Waals surface area contributed by atoms with Gasteiger partial charge in [-0.1, -0.05) is 54.6 Å². The second kappa shape index (κ2) is 12.9. The minimum Gasteiger partial charge on any atom is -0.493 e. The number of urea groups is 1. The molecule has 0 atom stereocenters. The van der Waals surface area contributed by atoms with Crippen LogP contribution in [-0.2, 0) is 19.5 Å². The standard InChI is InChI=1S/C32H34N4O2/c37-32(34-23-25-8-7-18-33-22-25)35-28-13-15-29(16-14-28)38-21-17-26-9-1-3-11-30(26)31-12-4-2-10-27(31)24-36-19-5-6-20-36/h1-4,7-16,18,22H,5-6,17,19-21,23-24H2,(H2,34,35,37). The summed E-state index contributed by atoms with van der Waals surface area (Å²) in [6.07, 6.45) is 6.85. The van der Waals surface area contributed by atoms with Gasteiger partial charge in [-0.25, -0.2) is 4.79 Å². The summed E-state index contributed by atoms with van der Waals surface area (Å²) in [7, 11) is 0. The molecule has 0 radical (unpaired) electrons. The Balaban J connectivity index is 1.15. The van der Waals surface area contributed by atoms with Crippen LogP contribution in [0, 0.1) is 0 Å². The van der Waals surface area contributed by atoms with E-state index in [9.17, 15) is 4.79 Å². The van der Waals surface area contributed by atoms with E-state index in [0.29, 0.717) is 18.8 Å². The second-order valence-electron chi connectivity index (χ2n) is 9.59. The molecule has 38 heavy (non-hydrogen) atoms. The molecule has 6 heteroatoms. The number of nitrogens with one attached hydrogen (secondary N) is 2. The van der Waals surface area contributed by atoms with Crippen LogP contribution in [0.1, 0.15) is 29.5 Å². The monoisotopic (exact) mass is 506 g/mol. The summed E-state index contributed by atoms with van der Waals surface area (Å²) in [6, 6.07) is 28.4. The third-order valence-electron chi connectivity index (χ3n) is 6.85. The smallest absolute Gasteiger partial charge is 0.319 e. The van der Waals surface area contributed by atoms with Crippen LogP contribution in [0.2, 0.25) is 0 Å². The highest BCUT2D eigenvalue weighted by molar-refractivity contribution is 5.89. The van der Waals surface area contributed by atoms with Crippen LogP contribution in [0.15, 0.2) is 97.3 Å². The summed E-state index contributed by atoms with van der Waals surface area (Å²) in [6.45, 7) is 4.38. The van der Waals surface area contributed by atoms with Gasteiger partial charge < -0.3 is 15.4 Å². The molecule has 4 aromatic rings. The number of likely N-dealkylation sites (tertiary alicyclic amines) is 1. The van der Waals surface area contributed by atoms with Gasteiger partial charge in [0, 0.05) is 37.6 Å². The van der Waals surface area contributed by atoms with Crippen molar-refractivity contribution in [2.24, 2.45) is 0 Å². The highest BCUT2D eigenvalue weighted by Crippen LogP contribution is 2.29. The molecule has 2 amide bonds. The van der Waals surface area contributed by atoms with Gasteiger partial charge in [0.2, 0.25) is 0 Å². The molecule has 0 saturated carbocycles. The fraction of sp³-hybridized carbons (Fsp3) is 0.250. The molecule has 1 aliphatic heterocycles. The summed E-state index contributed by atoms with van der Waals surface area (Å²) in [5.41, 5.74) is 6.92. The number of benzene rings is 3. The lowest BCUT2D eigenvalue weighted by Crippen LogP contribution is -2.28. The first-order valence-electron chi connectivity index (χ1n) is 13.3. The summed E-state index contributed by atoms with van der Waals surface area (Å²) in [5, 5.41) is 5.68. The summed E-state index contributed by atoms with van der Waals surface area (Å²) in [5.74, 6) is 0.776. The number of ether oxygens (including phenoxy) is 1. The molecule has 194 valence electrons. The molecule has 2 N–H and O–H groups in total. The lowest BCUT2D eigenvalue weighted by molar-refractivity contribution is 0.251. The van der Waals surface area contributed by atoms with Gasteiger partial charge in [-0.05, 0) is 84.1 Å². The number of carbonyl (C=O) groups is 1. The highest BCUT2D eigenvalue weighted by atomic mass is 16.5. The van der Waals surface area contributed by atoms with Crippen molar-refractivity contribution in [1.29, 1.82) is 0 Å². The van der Waals surface area contributed by atoms with E-state index < -0.39 is 0 Å². The Morgan fingerprint density at radius 3 is 2.29 bits per heavy atom. The van der Waals surface area contributed by atoms with Crippen molar-refractivity contribution in [3.63, 3.8) is 0 Å². The van der Waals surface area contributed by atoms with Crippen LogP contribution in [0.3, 0.4) is 0 Å². The molecule has 6 nitrogen and oxygen atoms in total. The van der Waals surface area contributed by atoms with Crippen molar-refractivity contribution in [1.82, 2.24) is 15.2 Å². The number of carbonyl (C=O) groups excluding carboxylic acids is 1. The molecule has 1 aliphatic rings. The zero-order valence-electron chi connectivity index (χ0n) is 21.6. The fourth-order valence-electron chi connectivity index (χ4n) is 4.88. The van der Waals surface area contributed by atoms with Crippen molar-refractivity contribution < 1.29 is 9.53 Å². The Labute approximate surface area is 224 Å². The van der Waals surface area contributed by atoms with Gasteiger partial charge in [0.1, 0.15) is 5.75 Å². The molecule has 0 bridgehead atoms. The molecule has 0 spiro atoms. The number of amides is 2. The van der Waals surface area contributed by atoms with Gasteiger partial charge in [-0.15, -0.1) is 0 Å². The minimum atomic E-state index is -0.260. The van der Waals surface area contributed by atoms with Gasteiger partial charge in [0.25, 0.3) is 0 Å². The first kappa shape index (κ1) is 25.5. The van der Waals surface area contributed by atoms with E-state index in [2.05, 4.69) is 69.0 Å². The number of hydrogen-bond donors (Lipinski definition) is 2. The first-order valence-corrected chi connectivity index (χ1v) is 13.3. The third kappa shape index (κ3) is 6.99. The van der Waals surface area contributed by atoms with E-state index >= 15 is 0 Å². The van der Waals surface area contributed by atoms with Crippen LogP contribution in [0.25, 0.3) is 11.1 Å². The van der Waals surface area contributed by atoms with Crippen LogP contribution < -0.4 is 15.4 Å². The Hall–Kier alpha value is -4.16. The number of aromatic nitrogens is 1. The lowest BCUT2D eigenvalue weighted by atomic mass is 9.94. The van der Waals surface area contributed by atoms with Crippen LogP contribution in [0.5, 0.6) is 5.75 Å². The van der Waals surface area contributed by atoms with Gasteiger partial charge in [0.05, 0.1) is 6.61 Å². The molecule has 3 aromatic carbocycles. The molecule has 1 fully saturated rings. The number of anilines is 1. The normalized spacial score (nSPS) is 13.3. The maximum atomic E-state index is 12.2. The zero-order chi connectivity index (χ0) is 26.0. The van der Waals surface area contributed by atoms with Crippen LogP contribution in [0.4, 0.5) is 10.5 Å². The Kier molecular flexibility index (Phi) is 8.64. The Bertz CT molecular complexity index is 1320. The second-order valence-corrected chi connectivity index (χ2v) is 9.59. The highest BCUT2D eigenvalue weighted by Gasteiger charge is 2.15. The first-order chi connectivity index (χ1) is 18.7. The van der Waals surface area contributed by atoms with E-state index in [-0.39, 0.29) is 6.03 Å². The van der Waals surface area contributed by atoms with Crippen LogP contribution in [-0.4, -0.2) is 35.6 Å². The predicted molar refractivity (Wildman–Crippen MR) is 152 cm³/mol. The number of pyridine rings is 1. The molecule has 0 aliphatic carbocycles. The maximum Gasteiger partial charge on any atom is 0.319 e. The van der Waals surface area contributed by atoms with E-state index in [1.807, 2.05) is 36.4 Å². The van der Waals surface area contributed by atoms with Gasteiger partial charge in [-0.2, -0.15) is 0 Å². The van der Waals surface area contributed by atoms with Crippen molar-refractivity contribution in [2.75, 3.05) is 25.0 Å². The predicted octanol–water partition coefficient (Wildman–Crippen LogP) is 6.29. The third-order valence-corrected chi connectivity index (χ3v) is 6.85. The van der Waals surface area contributed by atoms with Gasteiger partial charge in [-0.3, -0.25) is 9.88 Å². The Morgan fingerprint density at radius 2 is 1.55 bits per heavy atom. The fourth-order valence-corrected chi connectivity index (χ4v) is 4.88. The average molecular weight is 507 g/mol. The van der Waals surface area contributed by atoms with Crippen molar-refractivity contribution in [2.45, 2.75) is 32.4 Å². The largest absolute Gasteiger partial charge is 0.493 e. The molecule has 5 rings (SSSR count). The number of hydrogen-bond acceptors (Lipinski definition) is 4.